The molecule has 0 aliphatic carbocycles. The van der Waals surface area contributed by atoms with Crippen molar-refractivity contribution < 1.29 is 9.59 Å². The number of hydrogen-bond acceptors (Lipinski definition) is 7. The number of anilines is 1. The minimum Gasteiger partial charge on any atom is -0.270 e. The number of thiophene rings is 1. The van der Waals surface area contributed by atoms with Gasteiger partial charge in [-0.15, -0.1) is 11.3 Å². The van der Waals surface area contributed by atoms with E-state index in [1.807, 2.05) is 24.3 Å². The lowest BCUT2D eigenvalue weighted by atomic mass is 9.94. The van der Waals surface area contributed by atoms with Gasteiger partial charge in [0.2, 0.25) is 0 Å². The first-order valence-electron chi connectivity index (χ1n) is 10.9. The second-order valence-electron chi connectivity index (χ2n) is 9.16. The Morgan fingerprint density at radius 2 is 1.68 bits per heavy atom. The number of rotatable bonds is 5. The third-order valence-corrected chi connectivity index (χ3v) is 7.12. The monoisotopic (exact) mass is 469 g/mol. The first-order chi connectivity index (χ1) is 16.3. The highest BCUT2D eigenvalue weighted by atomic mass is 32.1. The van der Waals surface area contributed by atoms with Crippen molar-refractivity contribution in [2.45, 2.75) is 32.7 Å². The zero-order chi connectivity index (χ0) is 23.9. The molecule has 5 rings (SSSR count). The summed E-state index contributed by atoms with van der Waals surface area (Å²) in [4.78, 5) is 37.3. The van der Waals surface area contributed by atoms with Gasteiger partial charge >= 0.3 is 0 Å². The number of aromatic nitrogens is 2. The van der Waals surface area contributed by atoms with E-state index in [9.17, 15) is 9.59 Å². The highest BCUT2D eigenvalue weighted by Gasteiger charge is 2.34. The van der Waals surface area contributed by atoms with Crippen molar-refractivity contribution in [3.05, 3.63) is 88.1 Å². The van der Waals surface area contributed by atoms with Crippen molar-refractivity contribution in [1.82, 2.24) is 14.9 Å². The normalized spacial score (nSPS) is 13.8. The topological polar surface area (TPSA) is 87.5 Å². The van der Waals surface area contributed by atoms with Crippen LogP contribution in [0.25, 0.3) is 10.2 Å². The third kappa shape index (κ3) is 4.08. The minimum absolute atomic E-state index is 0.0424. The van der Waals surface area contributed by atoms with Crippen LogP contribution < -0.4 is 5.43 Å². The van der Waals surface area contributed by atoms with Crippen LogP contribution in [0.3, 0.4) is 0 Å². The average Bonchev–Trinajstić information content (AvgIpc) is 3.37. The fraction of sp³-hybridized carbons (Fsp3) is 0.192. The molecule has 0 saturated heterocycles. The Morgan fingerprint density at radius 1 is 1.00 bits per heavy atom. The molecule has 0 unspecified atom stereocenters. The van der Waals surface area contributed by atoms with E-state index in [1.54, 1.807) is 41.8 Å². The van der Waals surface area contributed by atoms with Crippen LogP contribution in [0.2, 0.25) is 0 Å². The maximum Gasteiger partial charge on any atom is 0.261 e. The fourth-order valence-electron chi connectivity index (χ4n) is 3.76. The van der Waals surface area contributed by atoms with Crippen LogP contribution in [0.1, 0.15) is 57.5 Å². The summed E-state index contributed by atoms with van der Waals surface area (Å²) in [6, 6.07) is 16.6. The summed E-state index contributed by atoms with van der Waals surface area (Å²) in [7, 11) is 0. The van der Waals surface area contributed by atoms with E-state index in [0.717, 1.165) is 21.3 Å². The van der Waals surface area contributed by atoms with Crippen molar-refractivity contribution >= 4 is 45.4 Å². The molecule has 0 spiro atoms. The van der Waals surface area contributed by atoms with Crippen LogP contribution in [0.4, 0.5) is 5.82 Å². The van der Waals surface area contributed by atoms with Crippen molar-refractivity contribution in [2.24, 2.45) is 5.10 Å². The van der Waals surface area contributed by atoms with Gasteiger partial charge in [-0.2, -0.15) is 5.10 Å². The summed E-state index contributed by atoms with van der Waals surface area (Å²) >= 11 is 1.66. The first kappa shape index (κ1) is 21.9. The summed E-state index contributed by atoms with van der Waals surface area (Å²) in [6.07, 6.45) is 3.24. The van der Waals surface area contributed by atoms with Crippen molar-refractivity contribution in [3.8, 4) is 0 Å². The van der Waals surface area contributed by atoms with E-state index in [2.05, 4.69) is 47.3 Å². The maximum absolute atomic E-state index is 12.6. The summed E-state index contributed by atoms with van der Waals surface area (Å²) in [6.45, 7) is 6.76. The molecule has 8 heteroatoms. The minimum atomic E-state index is -0.255. The van der Waals surface area contributed by atoms with Gasteiger partial charge in [-0.3, -0.25) is 19.9 Å². The molecule has 34 heavy (non-hydrogen) atoms. The number of imide groups is 1. The first-order valence-corrected chi connectivity index (χ1v) is 11.7. The average molecular weight is 470 g/mol. The molecule has 0 atom stereocenters. The SMILES string of the molecule is CC(C)(C)c1cc2c(NN=Cc3ccc(CN4C(=O)c5ccccc5C4=O)cc3)ncnc2s1. The Labute approximate surface area is 201 Å². The van der Waals surface area contributed by atoms with Crippen LogP contribution >= 0.6 is 11.3 Å². The molecule has 2 aromatic carbocycles. The van der Waals surface area contributed by atoms with E-state index in [4.69, 9.17) is 0 Å². The summed E-state index contributed by atoms with van der Waals surface area (Å²) < 4.78 is 0. The molecule has 2 aromatic heterocycles. The predicted octanol–water partition coefficient (Wildman–Crippen LogP) is 5.23. The highest BCUT2D eigenvalue weighted by Crippen LogP contribution is 2.35. The van der Waals surface area contributed by atoms with E-state index in [-0.39, 0.29) is 23.8 Å². The van der Waals surface area contributed by atoms with Crippen LogP contribution in [-0.4, -0.2) is 32.9 Å². The van der Waals surface area contributed by atoms with E-state index in [0.29, 0.717) is 16.9 Å². The number of fused-ring (bicyclic) bond motifs is 2. The fourth-order valence-corrected chi connectivity index (χ4v) is 4.81. The third-order valence-electron chi connectivity index (χ3n) is 5.65. The molecule has 0 radical (unpaired) electrons. The summed E-state index contributed by atoms with van der Waals surface area (Å²) in [5.41, 5.74) is 5.73. The second-order valence-corrected chi connectivity index (χ2v) is 10.2. The number of hydrogen-bond donors (Lipinski definition) is 1. The van der Waals surface area contributed by atoms with Crippen molar-refractivity contribution in [1.29, 1.82) is 0 Å². The number of nitrogens with one attached hydrogen (secondary N) is 1. The van der Waals surface area contributed by atoms with Gasteiger partial charge in [0.25, 0.3) is 11.8 Å². The lowest BCUT2D eigenvalue weighted by molar-refractivity contribution is 0.0642. The molecular formula is C26H23N5O2S. The van der Waals surface area contributed by atoms with Gasteiger partial charge in [0.05, 0.1) is 29.3 Å². The van der Waals surface area contributed by atoms with E-state index >= 15 is 0 Å². The number of benzene rings is 2. The highest BCUT2D eigenvalue weighted by molar-refractivity contribution is 7.18. The van der Waals surface area contributed by atoms with Gasteiger partial charge in [0, 0.05) is 4.88 Å². The Morgan fingerprint density at radius 3 is 2.32 bits per heavy atom. The van der Waals surface area contributed by atoms with Gasteiger partial charge in [-0.25, -0.2) is 9.97 Å². The smallest absolute Gasteiger partial charge is 0.261 e. The zero-order valence-corrected chi connectivity index (χ0v) is 19.9. The summed E-state index contributed by atoms with van der Waals surface area (Å²) in [5.74, 6) is 0.152. The van der Waals surface area contributed by atoms with Crippen molar-refractivity contribution in [2.75, 3.05) is 5.43 Å². The predicted molar refractivity (Wildman–Crippen MR) is 134 cm³/mol. The molecule has 1 aliphatic heterocycles. The van der Waals surface area contributed by atoms with E-state index in [1.165, 1.54) is 16.1 Å². The number of carbonyl (C=O) groups is 2. The molecule has 7 nitrogen and oxygen atoms in total. The maximum atomic E-state index is 12.6. The van der Waals surface area contributed by atoms with Gasteiger partial charge in [0.15, 0.2) is 5.82 Å². The van der Waals surface area contributed by atoms with E-state index < -0.39 is 0 Å². The Balaban J connectivity index is 1.27. The van der Waals surface area contributed by atoms with Gasteiger partial charge in [-0.1, -0.05) is 57.2 Å². The second kappa shape index (κ2) is 8.46. The molecule has 3 heterocycles. The largest absolute Gasteiger partial charge is 0.270 e. The molecule has 1 N–H and O–H groups in total. The molecular weight excluding hydrogens is 446 g/mol. The van der Waals surface area contributed by atoms with Crippen molar-refractivity contribution in [3.63, 3.8) is 0 Å². The Kier molecular flexibility index (Phi) is 5.45. The molecule has 4 aromatic rings. The molecule has 0 saturated carbocycles. The quantitative estimate of drug-likeness (QED) is 0.246. The molecule has 0 fully saturated rings. The number of nitrogens with zero attached hydrogens (tertiary/aromatic N) is 4. The zero-order valence-electron chi connectivity index (χ0n) is 19.1. The lowest BCUT2D eigenvalue weighted by Crippen LogP contribution is -2.29. The van der Waals surface area contributed by atoms with Gasteiger partial charge < -0.3 is 0 Å². The van der Waals surface area contributed by atoms with Gasteiger partial charge in [0.1, 0.15) is 11.2 Å². The van der Waals surface area contributed by atoms with Gasteiger partial charge in [-0.05, 0) is 34.7 Å². The molecule has 0 bridgehead atoms. The Hall–Kier alpha value is -3.91. The molecule has 1 aliphatic rings. The van der Waals surface area contributed by atoms with Crippen LogP contribution in [0.5, 0.6) is 0 Å². The van der Waals surface area contributed by atoms with Crippen LogP contribution in [0.15, 0.2) is 66.0 Å². The molecule has 2 amide bonds. The Bertz CT molecular complexity index is 1400. The number of amides is 2. The molecule has 170 valence electrons. The number of carbonyl (C=O) groups excluding carboxylic acids is 2. The number of hydrazone groups is 1. The summed E-state index contributed by atoms with van der Waals surface area (Å²) in [5, 5.41) is 5.29. The lowest BCUT2D eigenvalue weighted by Gasteiger charge is -2.14. The van der Waals surface area contributed by atoms with Crippen LogP contribution in [-0.2, 0) is 12.0 Å². The standard InChI is InChI=1S/C26H23N5O2S/c1-26(2,3)21-12-20-22(27-15-28-23(20)34-21)30-29-13-16-8-10-17(11-9-16)14-31-24(32)18-6-4-5-7-19(18)25(31)33/h4-13,15H,14H2,1-3H3,(H,27,28,30). The van der Waals surface area contributed by atoms with Crippen LogP contribution in [0, 0.1) is 0 Å².